The number of hydrogen-bond acceptors (Lipinski definition) is 7. The Balaban J connectivity index is 1.55. The van der Waals surface area contributed by atoms with Gasteiger partial charge >= 0.3 is 0 Å². The van der Waals surface area contributed by atoms with Gasteiger partial charge in [-0.3, -0.25) is 0 Å². The molecule has 0 saturated carbocycles. The van der Waals surface area contributed by atoms with Gasteiger partial charge < -0.3 is 9.47 Å². The van der Waals surface area contributed by atoms with E-state index in [0.29, 0.717) is 18.0 Å². The van der Waals surface area contributed by atoms with Crippen molar-refractivity contribution in [2.45, 2.75) is 17.4 Å². The van der Waals surface area contributed by atoms with Crippen molar-refractivity contribution >= 4 is 10.0 Å². The molecule has 1 aliphatic rings. The van der Waals surface area contributed by atoms with Crippen molar-refractivity contribution in [3.63, 3.8) is 0 Å². The lowest BCUT2D eigenvalue weighted by Crippen LogP contribution is -2.32. The molecule has 1 atom stereocenters. The Kier molecular flexibility index (Phi) is 5.07. The van der Waals surface area contributed by atoms with Crippen LogP contribution in [-0.2, 0) is 21.2 Å². The number of rotatable bonds is 6. The van der Waals surface area contributed by atoms with Crippen molar-refractivity contribution in [2.75, 3.05) is 20.3 Å². The average molecular weight is 401 g/mol. The SMILES string of the molecule is COc1cc(S(=O)(=O)NC[C@H]2OCCc3ccccc32)ccc1-n1cnnn1. The predicted octanol–water partition coefficient (Wildman–Crippen LogP) is 1.26. The Morgan fingerprint density at radius 2 is 2.14 bits per heavy atom. The summed E-state index contributed by atoms with van der Waals surface area (Å²) >= 11 is 0. The number of tetrazole rings is 1. The summed E-state index contributed by atoms with van der Waals surface area (Å²) in [6.07, 6.45) is 1.92. The van der Waals surface area contributed by atoms with Crippen molar-refractivity contribution in [2.24, 2.45) is 0 Å². The molecule has 1 aliphatic heterocycles. The summed E-state index contributed by atoms with van der Waals surface area (Å²) in [7, 11) is -2.29. The highest BCUT2D eigenvalue weighted by Gasteiger charge is 2.24. The minimum absolute atomic E-state index is 0.0882. The minimum atomic E-state index is -3.75. The van der Waals surface area contributed by atoms with Crippen LogP contribution in [0.25, 0.3) is 5.69 Å². The highest BCUT2D eigenvalue weighted by atomic mass is 32.2. The fourth-order valence-electron chi connectivity index (χ4n) is 3.20. The highest BCUT2D eigenvalue weighted by Crippen LogP contribution is 2.28. The number of ether oxygens (including phenoxy) is 2. The van der Waals surface area contributed by atoms with Crippen molar-refractivity contribution < 1.29 is 17.9 Å². The zero-order valence-corrected chi connectivity index (χ0v) is 16.0. The van der Waals surface area contributed by atoms with E-state index in [9.17, 15) is 8.42 Å². The number of nitrogens with one attached hydrogen (secondary N) is 1. The van der Waals surface area contributed by atoms with Crippen LogP contribution >= 0.6 is 0 Å². The molecule has 0 aliphatic carbocycles. The first-order chi connectivity index (χ1) is 13.6. The van der Waals surface area contributed by atoms with Crippen molar-refractivity contribution in [1.29, 1.82) is 0 Å². The highest BCUT2D eigenvalue weighted by molar-refractivity contribution is 7.89. The summed E-state index contributed by atoms with van der Waals surface area (Å²) < 4.78 is 40.7. The lowest BCUT2D eigenvalue weighted by Gasteiger charge is -2.26. The lowest BCUT2D eigenvalue weighted by atomic mass is 9.98. The summed E-state index contributed by atoms with van der Waals surface area (Å²) in [5.41, 5.74) is 2.74. The van der Waals surface area contributed by atoms with Crippen molar-refractivity contribution in [3.05, 3.63) is 59.9 Å². The number of fused-ring (bicyclic) bond motifs is 1. The number of benzene rings is 2. The summed E-state index contributed by atoms with van der Waals surface area (Å²) in [4.78, 5) is 0.0882. The maximum Gasteiger partial charge on any atom is 0.240 e. The number of nitrogens with zero attached hydrogens (tertiary/aromatic N) is 4. The monoisotopic (exact) mass is 401 g/mol. The number of sulfonamides is 1. The summed E-state index contributed by atoms with van der Waals surface area (Å²) in [5, 5.41) is 11.0. The molecule has 2 aromatic carbocycles. The first-order valence-electron chi connectivity index (χ1n) is 8.69. The number of aromatic nitrogens is 4. The van der Waals surface area contributed by atoms with Crippen LogP contribution in [0, 0.1) is 0 Å². The Hall–Kier alpha value is -2.82. The molecule has 0 bridgehead atoms. The van der Waals surface area contributed by atoms with E-state index in [0.717, 1.165) is 12.0 Å². The smallest absolute Gasteiger partial charge is 0.240 e. The normalized spacial score (nSPS) is 16.5. The Morgan fingerprint density at radius 1 is 1.29 bits per heavy atom. The van der Waals surface area contributed by atoms with Gasteiger partial charge in [-0.05, 0) is 40.1 Å². The Labute approximate surface area is 162 Å². The van der Waals surface area contributed by atoms with Gasteiger partial charge in [0.2, 0.25) is 10.0 Å². The number of hydrogen-bond donors (Lipinski definition) is 1. The van der Waals surface area contributed by atoms with E-state index >= 15 is 0 Å². The van der Waals surface area contributed by atoms with Crippen LogP contribution in [0.5, 0.6) is 5.75 Å². The van der Waals surface area contributed by atoms with E-state index < -0.39 is 10.0 Å². The van der Waals surface area contributed by atoms with Crippen molar-refractivity contribution in [1.82, 2.24) is 24.9 Å². The van der Waals surface area contributed by atoms with E-state index in [1.807, 2.05) is 24.3 Å². The maximum atomic E-state index is 12.8. The molecule has 146 valence electrons. The quantitative estimate of drug-likeness (QED) is 0.662. The van der Waals surface area contributed by atoms with Gasteiger partial charge in [-0.2, -0.15) is 4.68 Å². The second kappa shape index (κ2) is 7.66. The van der Waals surface area contributed by atoms with E-state index in [4.69, 9.17) is 9.47 Å². The average Bonchev–Trinajstić information content (AvgIpc) is 3.26. The summed E-state index contributed by atoms with van der Waals surface area (Å²) in [6, 6.07) is 12.4. The molecule has 28 heavy (non-hydrogen) atoms. The van der Waals surface area contributed by atoms with E-state index in [1.54, 1.807) is 6.07 Å². The lowest BCUT2D eigenvalue weighted by molar-refractivity contribution is 0.0460. The molecule has 0 saturated heterocycles. The van der Waals surface area contributed by atoms with Crippen LogP contribution in [0.1, 0.15) is 17.2 Å². The minimum Gasteiger partial charge on any atom is -0.494 e. The van der Waals surface area contributed by atoms with Crippen LogP contribution < -0.4 is 9.46 Å². The predicted molar refractivity (Wildman–Crippen MR) is 99.7 cm³/mol. The van der Waals surface area contributed by atoms with E-state index in [2.05, 4.69) is 20.2 Å². The van der Waals surface area contributed by atoms with Gasteiger partial charge in [0.1, 0.15) is 17.8 Å². The molecule has 0 unspecified atom stereocenters. The first kappa shape index (κ1) is 18.5. The molecule has 10 heteroatoms. The molecule has 2 heterocycles. The Bertz CT molecular complexity index is 1070. The standard InChI is InChI=1S/C18H19N5O4S/c1-26-17-10-14(6-7-16(17)23-12-19-21-22-23)28(24,25)20-11-18-15-5-3-2-4-13(15)8-9-27-18/h2-7,10,12,18,20H,8-9,11H2,1H3/t18-/m1/s1. The van der Waals surface area contributed by atoms with Gasteiger partial charge in [-0.1, -0.05) is 24.3 Å². The van der Waals surface area contributed by atoms with Gasteiger partial charge in [-0.25, -0.2) is 13.1 Å². The molecule has 1 N–H and O–H groups in total. The van der Waals surface area contributed by atoms with Crippen LogP contribution in [-0.4, -0.2) is 48.9 Å². The molecule has 0 fully saturated rings. The number of methoxy groups -OCH3 is 1. The molecule has 9 nitrogen and oxygen atoms in total. The molecule has 3 aromatic rings. The molecule has 0 amide bonds. The van der Waals surface area contributed by atoms with E-state index in [1.165, 1.54) is 35.8 Å². The topological polar surface area (TPSA) is 108 Å². The third kappa shape index (κ3) is 3.61. The third-order valence-electron chi connectivity index (χ3n) is 4.61. The zero-order valence-electron chi connectivity index (χ0n) is 15.1. The molecule has 0 radical (unpaired) electrons. The van der Waals surface area contributed by atoms with Gasteiger partial charge in [0, 0.05) is 12.6 Å². The molecular formula is C18H19N5O4S. The fraction of sp³-hybridized carbons (Fsp3) is 0.278. The maximum absolute atomic E-state index is 12.8. The second-order valence-corrected chi connectivity index (χ2v) is 8.02. The molecular weight excluding hydrogens is 382 g/mol. The summed E-state index contributed by atoms with van der Waals surface area (Å²) in [5.74, 6) is 0.342. The van der Waals surface area contributed by atoms with Crippen molar-refractivity contribution in [3.8, 4) is 11.4 Å². The third-order valence-corrected chi connectivity index (χ3v) is 6.03. The van der Waals surface area contributed by atoms with Gasteiger partial charge in [0.25, 0.3) is 0 Å². The zero-order chi connectivity index (χ0) is 19.6. The molecule has 1 aromatic heterocycles. The van der Waals surface area contributed by atoms with E-state index in [-0.39, 0.29) is 17.5 Å². The van der Waals surface area contributed by atoms with Crippen LogP contribution in [0.15, 0.2) is 53.7 Å². The molecule has 0 spiro atoms. The van der Waals surface area contributed by atoms with Crippen LogP contribution in [0.3, 0.4) is 0 Å². The summed E-state index contributed by atoms with van der Waals surface area (Å²) in [6.45, 7) is 0.717. The Morgan fingerprint density at radius 3 is 2.93 bits per heavy atom. The van der Waals surface area contributed by atoms with Gasteiger partial charge in [0.15, 0.2) is 0 Å². The largest absolute Gasteiger partial charge is 0.494 e. The van der Waals surface area contributed by atoms with Crippen LogP contribution in [0.4, 0.5) is 0 Å². The molecule has 4 rings (SSSR count). The second-order valence-electron chi connectivity index (χ2n) is 6.25. The van der Waals surface area contributed by atoms with Gasteiger partial charge in [0.05, 0.1) is 24.7 Å². The first-order valence-corrected chi connectivity index (χ1v) is 10.2. The van der Waals surface area contributed by atoms with Gasteiger partial charge in [-0.15, -0.1) is 5.10 Å². The van der Waals surface area contributed by atoms with Crippen LogP contribution in [0.2, 0.25) is 0 Å². The fourth-order valence-corrected chi connectivity index (χ4v) is 4.25.